The molecule has 6 aromatic rings. The van der Waals surface area contributed by atoms with Crippen molar-refractivity contribution in [1.82, 2.24) is 0 Å². The molecule has 0 bridgehead atoms. The van der Waals surface area contributed by atoms with E-state index in [0.717, 1.165) is 12.8 Å². The van der Waals surface area contributed by atoms with E-state index in [1.807, 2.05) is 0 Å². The van der Waals surface area contributed by atoms with Gasteiger partial charge in [0, 0.05) is 21.0 Å². The summed E-state index contributed by atoms with van der Waals surface area (Å²) >= 11 is 4.19. The van der Waals surface area contributed by atoms with Crippen molar-refractivity contribution in [3.8, 4) is 0 Å². The van der Waals surface area contributed by atoms with Crippen molar-refractivity contribution >= 4 is 45.8 Å². The van der Waals surface area contributed by atoms with Crippen LogP contribution in [0.1, 0.15) is 66.5 Å². The SMILES string of the molecule is CC12SC(C(=C(c3ccccc3)c3ccccc3)c3ccccc3)=CC1=C1CCCC1=C1C=C(C(=C(c3ccccc3)c3ccccc3)c3ccccc3)SC12C. The maximum absolute atomic E-state index is 2.60. The summed E-state index contributed by atoms with van der Waals surface area (Å²) in [5.74, 6) is 0. The van der Waals surface area contributed by atoms with Crippen molar-refractivity contribution in [1.29, 1.82) is 0 Å². The Morgan fingerprint density at radius 3 is 0.860 bits per heavy atom. The summed E-state index contributed by atoms with van der Waals surface area (Å²) in [6, 6.07) is 66.3. The molecule has 2 atom stereocenters. The molecule has 2 heteroatoms. The molecule has 2 heterocycles. The largest absolute Gasteiger partial charge is 0.112 e. The van der Waals surface area contributed by atoms with E-state index in [0.29, 0.717) is 0 Å². The molecule has 0 saturated heterocycles. The predicted octanol–water partition coefficient (Wildman–Crippen LogP) is 14.9. The highest BCUT2D eigenvalue weighted by Crippen LogP contribution is 2.71. The van der Waals surface area contributed by atoms with Crippen LogP contribution in [-0.2, 0) is 0 Å². The molecule has 2 aliphatic carbocycles. The number of allylic oxidation sites excluding steroid dienone is 6. The van der Waals surface area contributed by atoms with Crippen LogP contribution in [0.25, 0.3) is 22.3 Å². The summed E-state index contributed by atoms with van der Waals surface area (Å²) in [7, 11) is 0. The van der Waals surface area contributed by atoms with E-state index in [4.69, 9.17) is 0 Å². The fourth-order valence-corrected chi connectivity index (χ4v) is 12.9. The first kappa shape index (κ1) is 35.8. The molecule has 2 unspecified atom stereocenters. The molecule has 0 amide bonds. The lowest BCUT2D eigenvalue weighted by Gasteiger charge is -2.47. The molecule has 6 aromatic carbocycles. The molecule has 0 nitrogen and oxygen atoms in total. The highest BCUT2D eigenvalue weighted by molar-refractivity contribution is 8.09. The van der Waals surface area contributed by atoms with Gasteiger partial charge in [0.15, 0.2) is 0 Å². The minimum Gasteiger partial charge on any atom is -0.112 e. The van der Waals surface area contributed by atoms with Gasteiger partial charge in [-0.15, -0.1) is 23.5 Å². The van der Waals surface area contributed by atoms with Gasteiger partial charge in [-0.25, -0.2) is 0 Å². The van der Waals surface area contributed by atoms with Crippen molar-refractivity contribution < 1.29 is 0 Å². The molecule has 10 rings (SSSR count). The van der Waals surface area contributed by atoms with Crippen molar-refractivity contribution in [3.05, 3.63) is 260 Å². The van der Waals surface area contributed by atoms with Gasteiger partial charge in [-0.1, -0.05) is 182 Å². The zero-order valence-corrected chi connectivity index (χ0v) is 34.0. The summed E-state index contributed by atoms with van der Waals surface area (Å²) in [5.41, 5.74) is 18.8. The zero-order chi connectivity index (χ0) is 38.4. The van der Waals surface area contributed by atoms with Crippen molar-refractivity contribution in [2.45, 2.75) is 42.6 Å². The molecule has 4 aliphatic rings. The van der Waals surface area contributed by atoms with Gasteiger partial charge in [0.2, 0.25) is 0 Å². The van der Waals surface area contributed by atoms with Crippen LogP contribution in [-0.4, -0.2) is 9.49 Å². The smallest absolute Gasteiger partial charge is 0.0618 e. The second-order valence-corrected chi connectivity index (χ2v) is 18.5. The highest BCUT2D eigenvalue weighted by Gasteiger charge is 2.60. The molecule has 0 aromatic heterocycles. The number of thioether (sulfide) groups is 2. The van der Waals surface area contributed by atoms with E-state index in [-0.39, 0.29) is 9.49 Å². The Bertz CT molecular complexity index is 2390. The van der Waals surface area contributed by atoms with E-state index in [1.54, 1.807) is 11.1 Å². The van der Waals surface area contributed by atoms with Crippen LogP contribution in [0.15, 0.2) is 226 Å². The second-order valence-electron chi connectivity index (χ2n) is 15.6. The van der Waals surface area contributed by atoms with Gasteiger partial charge >= 0.3 is 0 Å². The van der Waals surface area contributed by atoms with Crippen LogP contribution in [0.5, 0.6) is 0 Å². The number of hydrogen-bond acceptors (Lipinski definition) is 2. The van der Waals surface area contributed by atoms with E-state index >= 15 is 0 Å². The average Bonchev–Trinajstić information content (AvgIpc) is 4.00. The van der Waals surface area contributed by atoms with Gasteiger partial charge in [-0.2, -0.15) is 0 Å². The van der Waals surface area contributed by atoms with Gasteiger partial charge in [-0.3, -0.25) is 0 Å². The molecule has 57 heavy (non-hydrogen) atoms. The molecule has 0 spiro atoms. The Morgan fingerprint density at radius 1 is 0.351 bits per heavy atom. The third-order valence-corrected chi connectivity index (χ3v) is 15.6. The molecule has 0 radical (unpaired) electrons. The topological polar surface area (TPSA) is 0 Å². The van der Waals surface area contributed by atoms with E-state index < -0.39 is 0 Å². The molecular formula is C55H44S2. The van der Waals surface area contributed by atoms with Crippen LogP contribution in [0.3, 0.4) is 0 Å². The molecule has 1 fully saturated rings. The van der Waals surface area contributed by atoms with E-state index in [1.165, 1.54) is 83.1 Å². The Kier molecular flexibility index (Phi) is 9.28. The zero-order valence-electron chi connectivity index (χ0n) is 32.4. The lowest BCUT2D eigenvalue weighted by molar-refractivity contribution is 0.607. The molecule has 2 aliphatic heterocycles. The van der Waals surface area contributed by atoms with Crippen molar-refractivity contribution in [2.75, 3.05) is 0 Å². The summed E-state index contributed by atoms with van der Waals surface area (Å²) in [5, 5.41) is 0. The Morgan fingerprint density at radius 2 is 0.596 bits per heavy atom. The predicted molar refractivity (Wildman–Crippen MR) is 247 cm³/mol. The van der Waals surface area contributed by atoms with Crippen LogP contribution in [0.2, 0.25) is 0 Å². The number of fused-ring (bicyclic) bond motifs is 4. The van der Waals surface area contributed by atoms with E-state index in [2.05, 4.69) is 232 Å². The molecule has 0 N–H and O–H groups in total. The minimum atomic E-state index is -0.205. The summed E-state index contributed by atoms with van der Waals surface area (Å²) in [4.78, 5) is 2.70. The molecule has 276 valence electrons. The number of rotatable bonds is 8. The standard InChI is InChI=1S/C55H44S2/c1-54-46(36-48(56-54)52(42-30-17-7-18-31-42)50(38-22-9-3-10-23-38)39-24-11-4-12-25-39)44-34-21-35-45(44)47-37-49(57-55(47,54)2)53(43-32-19-8-20-33-43)51(40-26-13-5-14-27-40)41-28-15-6-16-29-41/h3-20,22-33,36-37H,21,34-35H2,1-2H3. The Balaban J connectivity index is 1.18. The minimum absolute atomic E-state index is 0.205. The van der Waals surface area contributed by atoms with Crippen LogP contribution in [0.4, 0.5) is 0 Å². The van der Waals surface area contributed by atoms with Gasteiger partial charge in [0.05, 0.1) is 9.49 Å². The number of benzene rings is 6. The first-order valence-electron chi connectivity index (χ1n) is 20.1. The fourth-order valence-electron chi connectivity index (χ4n) is 9.55. The van der Waals surface area contributed by atoms with Gasteiger partial charge in [0.25, 0.3) is 0 Å². The monoisotopic (exact) mass is 768 g/mol. The summed E-state index contributed by atoms with van der Waals surface area (Å²) < 4.78 is -0.409. The van der Waals surface area contributed by atoms with Crippen LogP contribution in [0, 0.1) is 0 Å². The van der Waals surface area contributed by atoms with E-state index in [9.17, 15) is 0 Å². The first-order chi connectivity index (χ1) is 28.0. The average molecular weight is 769 g/mol. The summed E-state index contributed by atoms with van der Waals surface area (Å²) in [6.07, 6.45) is 8.67. The third-order valence-electron chi connectivity index (χ3n) is 12.4. The normalized spacial score (nSPS) is 20.7. The van der Waals surface area contributed by atoms with Crippen LogP contribution < -0.4 is 0 Å². The van der Waals surface area contributed by atoms with Crippen molar-refractivity contribution in [3.63, 3.8) is 0 Å². The van der Waals surface area contributed by atoms with Crippen molar-refractivity contribution in [2.24, 2.45) is 0 Å². The Hall–Kier alpha value is -5.54. The van der Waals surface area contributed by atoms with Gasteiger partial charge in [0.1, 0.15) is 0 Å². The summed E-state index contributed by atoms with van der Waals surface area (Å²) in [6.45, 7) is 5.10. The Labute approximate surface area is 346 Å². The fraction of sp³-hybridized carbons (Fsp3) is 0.127. The maximum atomic E-state index is 2.60. The van der Waals surface area contributed by atoms with Crippen LogP contribution >= 0.6 is 23.5 Å². The van der Waals surface area contributed by atoms with Gasteiger partial charge in [-0.05, 0) is 112 Å². The molecular weight excluding hydrogens is 725 g/mol. The third kappa shape index (κ3) is 6.09. The highest BCUT2D eigenvalue weighted by atomic mass is 32.2. The second kappa shape index (κ2) is 14.8. The van der Waals surface area contributed by atoms with Gasteiger partial charge < -0.3 is 0 Å². The first-order valence-corrected chi connectivity index (χ1v) is 21.8. The quantitative estimate of drug-likeness (QED) is 0.141. The maximum Gasteiger partial charge on any atom is 0.0618 e. The lowest BCUT2D eigenvalue weighted by Crippen LogP contribution is -2.47. The number of hydrogen-bond donors (Lipinski definition) is 0. The molecule has 1 saturated carbocycles. The lowest BCUT2D eigenvalue weighted by atomic mass is 9.72.